The number of ether oxygens (including phenoxy) is 1. The average Bonchev–Trinajstić information content (AvgIpc) is 2.53. The number of rotatable bonds is 5. The molecule has 0 unspecified atom stereocenters. The topological polar surface area (TPSA) is 70.9 Å². The number of aromatic hydroxyl groups is 1. The van der Waals surface area contributed by atoms with Gasteiger partial charge in [-0.05, 0) is 67.3 Å². The number of methoxy groups -OCH3 is 1. The van der Waals surface area contributed by atoms with Crippen LogP contribution in [0.5, 0.6) is 11.5 Å². The molecule has 0 atom stereocenters. The molecule has 23 heavy (non-hydrogen) atoms. The molecule has 5 nitrogen and oxygen atoms in total. The summed E-state index contributed by atoms with van der Waals surface area (Å²) in [4.78, 5) is 11.8. The van der Waals surface area contributed by atoms with E-state index >= 15 is 0 Å². The predicted octanol–water partition coefficient (Wildman–Crippen LogP) is 3.62. The van der Waals surface area contributed by atoms with Gasteiger partial charge >= 0.3 is 0 Å². The van der Waals surface area contributed by atoms with Crippen LogP contribution in [0.1, 0.15) is 11.1 Å². The molecule has 0 bridgehead atoms. The van der Waals surface area contributed by atoms with Gasteiger partial charge in [0.05, 0.1) is 28.7 Å². The number of carbonyl (C=O) groups excluding carboxylic acids is 1. The second-order valence-corrected chi connectivity index (χ2v) is 6.36. The lowest BCUT2D eigenvalue weighted by Crippen LogP contribution is -2.19. The van der Waals surface area contributed by atoms with Crippen LogP contribution in [0.3, 0.4) is 0 Å². The first kappa shape index (κ1) is 17.5. The SMILES string of the molecule is COc1ccc(CC(=O)N/N=C/c2cc(Br)c(O)c(Br)c2)cc1. The smallest absolute Gasteiger partial charge is 0.244 e. The zero-order chi connectivity index (χ0) is 16.8. The van der Waals surface area contributed by atoms with Crippen LogP contribution in [-0.2, 0) is 11.2 Å². The van der Waals surface area contributed by atoms with Gasteiger partial charge in [0.25, 0.3) is 0 Å². The lowest BCUT2D eigenvalue weighted by Gasteiger charge is -2.03. The van der Waals surface area contributed by atoms with E-state index in [1.165, 1.54) is 6.21 Å². The van der Waals surface area contributed by atoms with Gasteiger partial charge in [-0.15, -0.1) is 0 Å². The fraction of sp³-hybridized carbons (Fsp3) is 0.125. The van der Waals surface area contributed by atoms with Gasteiger partial charge in [0.15, 0.2) is 0 Å². The van der Waals surface area contributed by atoms with Crippen molar-refractivity contribution >= 4 is 44.0 Å². The molecule has 2 aromatic rings. The summed E-state index contributed by atoms with van der Waals surface area (Å²) >= 11 is 6.47. The Labute approximate surface area is 150 Å². The Balaban J connectivity index is 1.93. The van der Waals surface area contributed by atoms with Gasteiger partial charge in [0.1, 0.15) is 11.5 Å². The molecule has 120 valence electrons. The summed E-state index contributed by atoms with van der Waals surface area (Å²) in [5.41, 5.74) is 4.07. The Bertz CT molecular complexity index is 708. The van der Waals surface area contributed by atoms with Gasteiger partial charge in [-0.3, -0.25) is 4.79 Å². The van der Waals surface area contributed by atoms with E-state index in [9.17, 15) is 9.90 Å². The van der Waals surface area contributed by atoms with Crippen LogP contribution in [0.4, 0.5) is 0 Å². The van der Waals surface area contributed by atoms with Crippen LogP contribution in [0.15, 0.2) is 50.4 Å². The Morgan fingerprint density at radius 1 is 1.26 bits per heavy atom. The third-order valence-corrected chi connectivity index (χ3v) is 4.17. The van der Waals surface area contributed by atoms with Gasteiger partial charge in [0, 0.05) is 0 Å². The van der Waals surface area contributed by atoms with E-state index in [4.69, 9.17) is 4.74 Å². The van der Waals surface area contributed by atoms with E-state index in [2.05, 4.69) is 42.4 Å². The van der Waals surface area contributed by atoms with E-state index in [1.54, 1.807) is 31.4 Å². The van der Waals surface area contributed by atoms with Crippen molar-refractivity contribution in [2.24, 2.45) is 5.10 Å². The summed E-state index contributed by atoms with van der Waals surface area (Å²) in [5.74, 6) is 0.643. The Morgan fingerprint density at radius 2 is 1.87 bits per heavy atom. The first-order valence-electron chi connectivity index (χ1n) is 6.62. The minimum atomic E-state index is -0.219. The van der Waals surface area contributed by atoms with Crippen LogP contribution in [0.2, 0.25) is 0 Å². The molecular formula is C16H14Br2N2O3. The molecule has 0 aliphatic carbocycles. The van der Waals surface area contributed by atoms with E-state index in [1.807, 2.05) is 12.1 Å². The summed E-state index contributed by atoms with van der Waals surface area (Å²) in [5, 5.41) is 13.5. The summed E-state index contributed by atoms with van der Waals surface area (Å²) in [7, 11) is 1.59. The van der Waals surface area contributed by atoms with Crippen molar-refractivity contribution in [1.29, 1.82) is 0 Å². The highest BCUT2D eigenvalue weighted by Crippen LogP contribution is 2.32. The number of phenols is 1. The number of halogens is 2. The molecule has 0 aliphatic rings. The fourth-order valence-electron chi connectivity index (χ4n) is 1.81. The molecule has 0 radical (unpaired) electrons. The zero-order valence-corrected chi connectivity index (χ0v) is 15.4. The van der Waals surface area contributed by atoms with Gasteiger partial charge in [0.2, 0.25) is 5.91 Å². The predicted molar refractivity (Wildman–Crippen MR) is 95.9 cm³/mol. The second-order valence-electron chi connectivity index (χ2n) is 4.65. The molecule has 0 fully saturated rings. The third kappa shape index (κ3) is 5.07. The number of hydrazone groups is 1. The Morgan fingerprint density at radius 3 is 2.43 bits per heavy atom. The lowest BCUT2D eigenvalue weighted by molar-refractivity contribution is -0.120. The third-order valence-electron chi connectivity index (χ3n) is 2.97. The number of benzene rings is 2. The van der Waals surface area contributed by atoms with Crippen molar-refractivity contribution in [1.82, 2.24) is 5.43 Å². The lowest BCUT2D eigenvalue weighted by atomic mass is 10.1. The first-order chi connectivity index (χ1) is 11.0. The van der Waals surface area contributed by atoms with Crippen molar-refractivity contribution < 1.29 is 14.6 Å². The number of nitrogens with zero attached hydrogens (tertiary/aromatic N) is 1. The largest absolute Gasteiger partial charge is 0.506 e. The van der Waals surface area contributed by atoms with E-state index in [0.29, 0.717) is 8.95 Å². The Hall–Kier alpha value is -1.86. The maximum atomic E-state index is 11.8. The summed E-state index contributed by atoms with van der Waals surface area (Å²) in [6.45, 7) is 0. The van der Waals surface area contributed by atoms with Crippen LogP contribution < -0.4 is 10.2 Å². The highest BCUT2D eigenvalue weighted by atomic mass is 79.9. The summed E-state index contributed by atoms with van der Waals surface area (Å²) < 4.78 is 6.15. The van der Waals surface area contributed by atoms with Crippen molar-refractivity contribution in [2.75, 3.05) is 7.11 Å². The van der Waals surface area contributed by atoms with Crippen molar-refractivity contribution in [3.63, 3.8) is 0 Å². The number of carbonyl (C=O) groups is 1. The van der Waals surface area contributed by atoms with Gasteiger partial charge in [-0.1, -0.05) is 12.1 Å². The summed E-state index contributed by atoms with van der Waals surface area (Å²) in [6.07, 6.45) is 1.73. The number of amides is 1. The molecule has 0 spiro atoms. The molecular weight excluding hydrogens is 428 g/mol. The van der Waals surface area contributed by atoms with Gasteiger partial charge < -0.3 is 9.84 Å². The molecule has 0 heterocycles. The van der Waals surface area contributed by atoms with Crippen molar-refractivity contribution in [3.8, 4) is 11.5 Å². The molecule has 0 aromatic heterocycles. The fourth-order valence-corrected chi connectivity index (χ4v) is 3.03. The number of hydrogen-bond acceptors (Lipinski definition) is 4. The molecule has 2 rings (SSSR count). The Kier molecular flexibility index (Phi) is 6.18. The molecule has 0 saturated heterocycles. The number of nitrogens with one attached hydrogen (secondary N) is 1. The maximum Gasteiger partial charge on any atom is 0.244 e. The second kappa shape index (κ2) is 8.12. The summed E-state index contributed by atoms with van der Waals surface area (Å²) in [6, 6.07) is 10.7. The van der Waals surface area contributed by atoms with Crippen LogP contribution in [0, 0.1) is 0 Å². The van der Waals surface area contributed by atoms with E-state index in [-0.39, 0.29) is 18.1 Å². The number of phenolic OH excluding ortho intramolecular Hbond substituents is 1. The quantitative estimate of drug-likeness (QED) is 0.549. The number of hydrogen-bond donors (Lipinski definition) is 2. The van der Waals surface area contributed by atoms with Crippen LogP contribution in [0.25, 0.3) is 0 Å². The molecule has 0 aliphatic heterocycles. The average molecular weight is 442 g/mol. The highest BCUT2D eigenvalue weighted by Gasteiger charge is 2.05. The van der Waals surface area contributed by atoms with Crippen LogP contribution in [-0.4, -0.2) is 24.3 Å². The minimum absolute atomic E-state index is 0.116. The van der Waals surface area contributed by atoms with Crippen molar-refractivity contribution in [2.45, 2.75) is 6.42 Å². The van der Waals surface area contributed by atoms with E-state index < -0.39 is 0 Å². The minimum Gasteiger partial charge on any atom is -0.506 e. The molecule has 0 saturated carbocycles. The standard InChI is InChI=1S/C16H14Br2N2O3/c1-23-12-4-2-10(3-5-12)8-15(21)20-19-9-11-6-13(17)16(22)14(18)7-11/h2-7,9,22H,8H2,1H3,(H,20,21)/b19-9+. The molecule has 1 amide bonds. The zero-order valence-electron chi connectivity index (χ0n) is 12.2. The highest BCUT2D eigenvalue weighted by molar-refractivity contribution is 9.11. The van der Waals surface area contributed by atoms with Crippen molar-refractivity contribution in [3.05, 3.63) is 56.5 Å². The molecule has 7 heteroatoms. The maximum absolute atomic E-state index is 11.8. The monoisotopic (exact) mass is 440 g/mol. The van der Waals surface area contributed by atoms with Crippen LogP contribution >= 0.6 is 31.9 Å². The molecule has 2 N–H and O–H groups in total. The molecule has 2 aromatic carbocycles. The van der Waals surface area contributed by atoms with Gasteiger partial charge in [-0.2, -0.15) is 5.10 Å². The normalized spacial score (nSPS) is 10.7. The first-order valence-corrected chi connectivity index (χ1v) is 8.21. The van der Waals surface area contributed by atoms with Gasteiger partial charge in [-0.25, -0.2) is 5.43 Å². The van der Waals surface area contributed by atoms with E-state index in [0.717, 1.165) is 16.9 Å².